The van der Waals surface area contributed by atoms with E-state index < -0.39 is 18.3 Å². The number of halogens is 2. The lowest BCUT2D eigenvalue weighted by Gasteiger charge is -2.17. The predicted molar refractivity (Wildman–Crippen MR) is 40.3 cm³/mol. The van der Waals surface area contributed by atoms with Crippen LogP contribution in [0.3, 0.4) is 0 Å². The van der Waals surface area contributed by atoms with Crippen LogP contribution in [0.1, 0.15) is 6.92 Å². The summed E-state index contributed by atoms with van der Waals surface area (Å²) in [6, 6.07) is 0. The summed E-state index contributed by atoms with van der Waals surface area (Å²) in [6.45, 7) is 1.27. The molecule has 0 aliphatic rings. The molecule has 0 fully saturated rings. The molecule has 0 aromatic carbocycles. The Morgan fingerprint density at radius 2 is 2.00 bits per heavy atom. The Hall–Kier alpha value is -0.710. The van der Waals surface area contributed by atoms with Gasteiger partial charge < -0.3 is 5.11 Å². The predicted octanol–water partition coefficient (Wildman–Crippen LogP) is 0.904. The van der Waals surface area contributed by atoms with Gasteiger partial charge in [-0.25, -0.2) is 8.78 Å². The Bertz CT molecular complexity index is 152. The van der Waals surface area contributed by atoms with Crippen molar-refractivity contribution in [1.29, 1.82) is 0 Å². The lowest BCUT2D eigenvalue weighted by Crippen LogP contribution is -2.32. The van der Waals surface area contributed by atoms with Crippen LogP contribution in [0.5, 0.6) is 0 Å². The number of hydrogen-bond donors (Lipinski definition) is 1. The Morgan fingerprint density at radius 3 is 2.33 bits per heavy atom. The van der Waals surface area contributed by atoms with Crippen LogP contribution in [-0.4, -0.2) is 42.5 Å². The lowest BCUT2D eigenvalue weighted by molar-refractivity contribution is -0.141. The molecule has 0 rings (SSSR count). The topological polar surface area (TPSA) is 40.5 Å². The summed E-state index contributed by atoms with van der Waals surface area (Å²) >= 11 is 0. The van der Waals surface area contributed by atoms with Crippen molar-refractivity contribution in [3.05, 3.63) is 0 Å². The first-order valence-corrected chi connectivity index (χ1v) is 3.63. The number of rotatable bonds is 5. The maximum Gasteiger partial charge on any atom is 0.307 e. The highest BCUT2D eigenvalue weighted by Gasteiger charge is 2.15. The monoisotopic (exact) mass is 181 g/mol. The molecule has 0 aromatic rings. The van der Waals surface area contributed by atoms with E-state index in [0.717, 1.165) is 0 Å². The average molecular weight is 181 g/mol. The molecule has 0 aliphatic carbocycles. The molecule has 0 heterocycles. The molecular formula is C7H13F2NO2. The van der Waals surface area contributed by atoms with Crippen molar-refractivity contribution in [2.24, 2.45) is 5.92 Å². The first-order valence-electron chi connectivity index (χ1n) is 3.63. The lowest BCUT2D eigenvalue weighted by atomic mass is 10.2. The van der Waals surface area contributed by atoms with Crippen LogP contribution in [0.2, 0.25) is 0 Å². The minimum Gasteiger partial charge on any atom is -0.481 e. The van der Waals surface area contributed by atoms with Gasteiger partial charge in [0.2, 0.25) is 0 Å². The fourth-order valence-electron chi connectivity index (χ4n) is 0.856. The van der Waals surface area contributed by atoms with E-state index in [0.29, 0.717) is 0 Å². The highest BCUT2D eigenvalue weighted by molar-refractivity contribution is 5.69. The van der Waals surface area contributed by atoms with E-state index >= 15 is 0 Å². The SMILES string of the molecule is CC(CN(C)CC(F)F)C(=O)O. The molecule has 1 atom stereocenters. The van der Waals surface area contributed by atoms with Crippen LogP contribution in [0.15, 0.2) is 0 Å². The summed E-state index contributed by atoms with van der Waals surface area (Å²) in [5.74, 6) is -1.56. The summed E-state index contributed by atoms with van der Waals surface area (Å²) in [5, 5.41) is 8.45. The number of carboxylic acid groups (broad SMARTS) is 1. The second kappa shape index (κ2) is 5.03. The quantitative estimate of drug-likeness (QED) is 0.685. The van der Waals surface area contributed by atoms with Crippen molar-refractivity contribution >= 4 is 5.97 Å². The summed E-state index contributed by atoms with van der Waals surface area (Å²) in [5.41, 5.74) is 0. The van der Waals surface area contributed by atoms with Gasteiger partial charge in [-0.1, -0.05) is 6.92 Å². The smallest absolute Gasteiger partial charge is 0.307 e. The molecule has 0 spiro atoms. The minimum atomic E-state index is -2.41. The van der Waals surface area contributed by atoms with Gasteiger partial charge in [0.15, 0.2) is 0 Å². The van der Waals surface area contributed by atoms with Crippen molar-refractivity contribution in [2.75, 3.05) is 20.1 Å². The maximum atomic E-state index is 11.7. The van der Waals surface area contributed by atoms with Crippen LogP contribution in [0, 0.1) is 5.92 Å². The molecule has 0 aromatic heterocycles. The van der Waals surface area contributed by atoms with Crippen molar-refractivity contribution in [3.8, 4) is 0 Å². The van der Waals surface area contributed by atoms with E-state index in [2.05, 4.69) is 0 Å². The van der Waals surface area contributed by atoms with Crippen LogP contribution in [0.25, 0.3) is 0 Å². The summed E-state index contributed by atoms with van der Waals surface area (Å²) in [6.07, 6.45) is -2.41. The molecule has 5 heteroatoms. The van der Waals surface area contributed by atoms with Crippen LogP contribution in [0.4, 0.5) is 8.78 Å². The molecule has 72 valence electrons. The van der Waals surface area contributed by atoms with Crippen LogP contribution < -0.4 is 0 Å². The third-order valence-corrected chi connectivity index (χ3v) is 1.46. The fraction of sp³-hybridized carbons (Fsp3) is 0.857. The molecular weight excluding hydrogens is 168 g/mol. The molecule has 0 saturated carbocycles. The van der Waals surface area contributed by atoms with Gasteiger partial charge in [0.25, 0.3) is 6.43 Å². The van der Waals surface area contributed by atoms with Crippen molar-refractivity contribution in [1.82, 2.24) is 4.90 Å². The zero-order valence-corrected chi connectivity index (χ0v) is 7.13. The van der Waals surface area contributed by atoms with Crippen molar-refractivity contribution in [3.63, 3.8) is 0 Å². The number of nitrogens with zero attached hydrogens (tertiary/aromatic N) is 1. The zero-order chi connectivity index (χ0) is 9.72. The average Bonchev–Trinajstić information content (AvgIpc) is 1.84. The Balaban J connectivity index is 3.68. The maximum absolute atomic E-state index is 11.7. The number of carbonyl (C=O) groups is 1. The van der Waals surface area contributed by atoms with Crippen LogP contribution >= 0.6 is 0 Å². The van der Waals surface area contributed by atoms with Gasteiger partial charge in [-0.05, 0) is 7.05 Å². The van der Waals surface area contributed by atoms with E-state index in [1.165, 1.54) is 18.9 Å². The molecule has 3 nitrogen and oxygen atoms in total. The Morgan fingerprint density at radius 1 is 1.50 bits per heavy atom. The molecule has 0 amide bonds. The second-order valence-corrected chi connectivity index (χ2v) is 2.85. The number of aliphatic carboxylic acids is 1. The number of alkyl halides is 2. The van der Waals surface area contributed by atoms with Gasteiger partial charge in [0, 0.05) is 6.54 Å². The largest absolute Gasteiger partial charge is 0.481 e. The third kappa shape index (κ3) is 5.01. The molecule has 0 bridgehead atoms. The normalized spacial score (nSPS) is 13.8. The summed E-state index contributed by atoms with van der Waals surface area (Å²) < 4.78 is 23.5. The van der Waals surface area contributed by atoms with E-state index in [1.54, 1.807) is 0 Å². The second-order valence-electron chi connectivity index (χ2n) is 2.85. The van der Waals surface area contributed by atoms with Gasteiger partial charge in [-0.3, -0.25) is 9.69 Å². The summed E-state index contributed by atoms with van der Waals surface area (Å²) in [7, 11) is 1.48. The highest BCUT2D eigenvalue weighted by Crippen LogP contribution is 2.01. The van der Waals surface area contributed by atoms with E-state index in [1.807, 2.05) is 0 Å². The van der Waals surface area contributed by atoms with Crippen molar-refractivity contribution < 1.29 is 18.7 Å². The van der Waals surface area contributed by atoms with Crippen LogP contribution in [-0.2, 0) is 4.79 Å². The zero-order valence-electron chi connectivity index (χ0n) is 7.13. The minimum absolute atomic E-state index is 0.152. The standard InChI is InChI=1S/C7H13F2NO2/c1-5(7(11)12)3-10(2)4-6(8)9/h5-6H,3-4H2,1-2H3,(H,11,12). The van der Waals surface area contributed by atoms with Gasteiger partial charge in [0.1, 0.15) is 0 Å². The number of hydrogen-bond acceptors (Lipinski definition) is 2. The van der Waals surface area contributed by atoms with Gasteiger partial charge in [0.05, 0.1) is 12.5 Å². The van der Waals surface area contributed by atoms with Gasteiger partial charge in [-0.15, -0.1) is 0 Å². The van der Waals surface area contributed by atoms with Crippen molar-refractivity contribution in [2.45, 2.75) is 13.3 Å². The van der Waals surface area contributed by atoms with E-state index in [9.17, 15) is 13.6 Å². The van der Waals surface area contributed by atoms with Gasteiger partial charge in [-0.2, -0.15) is 0 Å². The third-order valence-electron chi connectivity index (χ3n) is 1.46. The first kappa shape index (κ1) is 11.3. The molecule has 0 saturated heterocycles. The van der Waals surface area contributed by atoms with Gasteiger partial charge >= 0.3 is 5.97 Å². The Kier molecular flexibility index (Phi) is 4.73. The van der Waals surface area contributed by atoms with E-state index in [-0.39, 0.29) is 13.1 Å². The first-order chi connectivity index (χ1) is 5.43. The Labute approximate surface area is 70.0 Å². The molecule has 1 N–H and O–H groups in total. The molecule has 0 aliphatic heterocycles. The molecule has 1 unspecified atom stereocenters. The summed E-state index contributed by atoms with van der Waals surface area (Å²) in [4.78, 5) is 11.6. The molecule has 12 heavy (non-hydrogen) atoms. The molecule has 0 radical (unpaired) electrons. The number of carboxylic acids is 1. The highest BCUT2D eigenvalue weighted by atomic mass is 19.3. The van der Waals surface area contributed by atoms with E-state index in [4.69, 9.17) is 5.11 Å². The fourth-order valence-corrected chi connectivity index (χ4v) is 0.856.